The maximum atomic E-state index is 5.81. The predicted molar refractivity (Wildman–Crippen MR) is 102 cm³/mol. The molecule has 1 heterocycles. The summed E-state index contributed by atoms with van der Waals surface area (Å²) in [4.78, 5) is 10.2. The Morgan fingerprint density at radius 2 is 1.40 bits per heavy atom. The summed E-state index contributed by atoms with van der Waals surface area (Å²) in [6.07, 6.45) is 0. The van der Waals surface area contributed by atoms with Crippen LogP contribution in [0.3, 0.4) is 0 Å². The van der Waals surface area contributed by atoms with Crippen LogP contribution < -0.4 is 9.46 Å². The highest BCUT2D eigenvalue weighted by Crippen LogP contribution is 2.28. The van der Waals surface area contributed by atoms with Crippen molar-refractivity contribution in [3.05, 3.63) is 84.9 Å². The molecule has 0 saturated heterocycles. The number of hydrogen-bond acceptors (Lipinski definition) is 5. The van der Waals surface area contributed by atoms with E-state index in [0.29, 0.717) is 11.8 Å². The van der Waals surface area contributed by atoms with Crippen molar-refractivity contribution < 1.29 is 4.74 Å². The number of aromatic nitrogens is 2. The minimum absolute atomic E-state index is 0.320. The molecule has 122 valence electrons. The Hall–Kier alpha value is -3.05. The summed E-state index contributed by atoms with van der Waals surface area (Å²) < 4.78 is 9.12. The molecule has 0 aliphatic carbocycles. The molecule has 25 heavy (non-hydrogen) atoms. The van der Waals surface area contributed by atoms with Crippen LogP contribution in [0.15, 0.2) is 89.8 Å². The third-order valence-electron chi connectivity index (χ3n) is 3.54. The van der Waals surface area contributed by atoms with E-state index >= 15 is 0 Å². The van der Waals surface area contributed by atoms with Crippen molar-refractivity contribution in [1.82, 2.24) is 9.97 Å². The lowest BCUT2D eigenvalue weighted by molar-refractivity contribution is 0.445. The van der Waals surface area contributed by atoms with Crippen LogP contribution in [-0.4, -0.2) is 9.97 Å². The zero-order chi connectivity index (χ0) is 16.9. The topological polar surface area (TPSA) is 47.0 Å². The molecule has 0 bridgehead atoms. The molecule has 0 aliphatic rings. The second-order valence-electron chi connectivity index (χ2n) is 5.30. The summed E-state index contributed by atoms with van der Waals surface area (Å²) in [5.74, 6) is 1.44. The van der Waals surface area contributed by atoms with Gasteiger partial charge in [0.05, 0.1) is 5.52 Å². The van der Waals surface area contributed by atoms with Gasteiger partial charge in [0.1, 0.15) is 5.75 Å². The minimum atomic E-state index is 0.320. The highest BCUT2D eigenvalue weighted by Gasteiger charge is 2.09. The van der Waals surface area contributed by atoms with Crippen LogP contribution in [0, 0.1) is 0 Å². The van der Waals surface area contributed by atoms with Gasteiger partial charge in [0.15, 0.2) is 5.82 Å². The van der Waals surface area contributed by atoms with Gasteiger partial charge in [-0.05, 0) is 48.3 Å². The summed E-state index contributed by atoms with van der Waals surface area (Å²) >= 11 is 1.51. The van der Waals surface area contributed by atoms with Crippen LogP contribution in [0.1, 0.15) is 0 Å². The van der Waals surface area contributed by atoms with Gasteiger partial charge in [0.2, 0.25) is 0 Å². The van der Waals surface area contributed by atoms with Gasteiger partial charge in [-0.15, -0.1) is 0 Å². The molecule has 0 radical (unpaired) electrons. The zero-order valence-corrected chi connectivity index (χ0v) is 14.1. The van der Waals surface area contributed by atoms with E-state index in [2.05, 4.69) is 14.7 Å². The Labute approximate surface area is 150 Å². The first-order chi connectivity index (χ1) is 12.4. The van der Waals surface area contributed by atoms with Gasteiger partial charge >= 0.3 is 6.01 Å². The van der Waals surface area contributed by atoms with Crippen LogP contribution in [0.4, 0.5) is 5.82 Å². The van der Waals surface area contributed by atoms with Crippen LogP contribution >= 0.6 is 11.9 Å². The molecular formula is C20H15N3OS. The zero-order valence-electron chi connectivity index (χ0n) is 13.3. The first-order valence-electron chi connectivity index (χ1n) is 7.86. The van der Waals surface area contributed by atoms with E-state index in [1.165, 1.54) is 11.9 Å². The fourth-order valence-corrected chi connectivity index (χ4v) is 3.03. The smallest absolute Gasteiger partial charge is 0.324 e. The van der Waals surface area contributed by atoms with Crippen LogP contribution in [0.25, 0.3) is 10.9 Å². The molecule has 0 spiro atoms. The fourth-order valence-electron chi connectivity index (χ4n) is 2.37. The number of benzene rings is 3. The first-order valence-corrected chi connectivity index (χ1v) is 8.68. The Balaban J connectivity index is 1.66. The van der Waals surface area contributed by atoms with Crippen molar-refractivity contribution in [1.29, 1.82) is 0 Å². The lowest BCUT2D eigenvalue weighted by Crippen LogP contribution is -1.98. The molecule has 4 rings (SSSR count). The summed E-state index contributed by atoms with van der Waals surface area (Å²) in [5, 5.41) is 0.950. The molecule has 0 atom stereocenters. The molecule has 0 aliphatic heterocycles. The number of ether oxygens (including phenoxy) is 1. The number of nitrogens with one attached hydrogen (secondary N) is 1. The second-order valence-corrected chi connectivity index (χ2v) is 6.18. The molecule has 5 heteroatoms. The van der Waals surface area contributed by atoms with Crippen molar-refractivity contribution in [2.75, 3.05) is 4.72 Å². The van der Waals surface area contributed by atoms with Crippen LogP contribution in [0.5, 0.6) is 11.8 Å². The standard InChI is InChI=1S/C20H15N3OS/c1-3-9-15(10-4-1)24-20-21-18-14-8-7-13-17(18)19(22-20)23-25-16-11-5-2-6-12-16/h1-14H,(H,21,22,23). The maximum absolute atomic E-state index is 5.81. The van der Waals surface area contributed by atoms with E-state index in [-0.39, 0.29) is 0 Å². The number of hydrogen-bond donors (Lipinski definition) is 1. The average molecular weight is 345 g/mol. The van der Waals surface area contributed by atoms with E-state index in [1.807, 2.05) is 84.9 Å². The fraction of sp³-hybridized carbons (Fsp3) is 0. The highest BCUT2D eigenvalue weighted by molar-refractivity contribution is 8.00. The second kappa shape index (κ2) is 7.23. The monoisotopic (exact) mass is 345 g/mol. The van der Waals surface area contributed by atoms with Gasteiger partial charge in [-0.25, -0.2) is 0 Å². The third kappa shape index (κ3) is 3.72. The van der Waals surface area contributed by atoms with E-state index in [0.717, 1.165) is 21.6 Å². The highest BCUT2D eigenvalue weighted by atomic mass is 32.2. The lowest BCUT2D eigenvalue weighted by Gasteiger charge is -2.10. The summed E-state index contributed by atoms with van der Waals surface area (Å²) in [6.45, 7) is 0. The SMILES string of the molecule is c1ccc(Oc2nc(NSc3ccccc3)c3ccccc3n2)cc1. The molecule has 0 fully saturated rings. The maximum Gasteiger partial charge on any atom is 0.324 e. The molecule has 0 saturated carbocycles. The van der Waals surface area contributed by atoms with Crippen molar-refractivity contribution >= 4 is 28.7 Å². The van der Waals surface area contributed by atoms with Crippen LogP contribution in [0.2, 0.25) is 0 Å². The Bertz CT molecular complexity index is 978. The number of para-hydroxylation sites is 2. The normalized spacial score (nSPS) is 10.6. The minimum Gasteiger partial charge on any atom is -0.424 e. The molecule has 4 aromatic rings. The third-order valence-corrected chi connectivity index (χ3v) is 4.35. The molecule has 0 unspecified atom stereocenters. The summed E-state index contributed by atoms with van der Waals surface area (Å²) in [5.41, 5.74) is 0.833. The van der Waals surface area contributed by atoms with E-state index in [4.69, 9.17) is 4.74 Å². The van der Waals surface area contributed by atoms with Crippen molar-refractivity contribution in [2.24, 2.45) is 0 Å². The molecule has 1 N–H and O–H groups in total. The molecular weight excluding hydrogens is 330 g/mol. The number of fused-ring (bicyclic) bond motifs is 1. The average Bonchev–Trinajstić information content (AvgIpc) is 2.68. The Morgan fingerprint density at radius 3 is 2.20 bits per heavy atom. The van der Waals surface area contributed by atoms with Crippen LogP contribution in [-0.2, 0) is 0 Å². The molecule has 4 nitrogen and oxygen atoms in total. The van der Waals surface area contributed by atoms with Gasteiger partial charge in [-0.3, -0.25) is 0 Å². The van der Waals surface area contributed by atoms with Gasteiger partial charge in [0.25, 0.3) is 0 Å². The quantitative estimate of drug-likeness (QED) is 0.481. The number of rotatable bonds is 5. The van der Waals surface area contributed by atoms with Crippen molar-refractivity contribution in [3.63, 3.8) is 0 Å². The van der Waals surface area contributed by atoms with E-state index in [1.54, 1.807) is 0 Å². The van der Waals surface area contributed by atoms with Crippen molar-refractivity contribution in [3.8, 4) is 11.8 Å². The van der Waals surface area contributed by atoms with E-state index < -0.39 is 0 Å². The Morgan fingerprint density at radius 1 is 0.720 bits per heavy atom. The predicted octanol–water partition coefficient (Wildman–Crippen LogP) is 5.54. The van der Waals surface area contributed by atoms with Gasteiger partial charge < -0.3 is 9.46 Å². The Kier molecular flexibility index (Phi) is 4.48. The van der Waals surface area contributed by atoms with Crippen molar-refractivity contribution in [2.45, 2.75) is 4.90 Å². The van der Waals surface area contributed by atoms with Gasteiger partial charge in [-0.2, -0.15) is 9.97 Å². The summed E-state index contributed by atoms with van der Waals surface area (Å²) in [7, 11) is 0. The van der Waals surface area contributed by atoms with Gasteiger partial charge in [0, 0.05) is 10.3 Å². The first kappa shape index (κ1) is 15.5. The largest absolute Gasteiger partial charge is 0.424 e. The molecule has 3 aromatic carbocycles. The van der Waals surface area contributed by atoms with Gasteiger partial charge in [-0.1, -0.05) is 48.5 Å². The number of nitrogens with zero attached hydrogens (tertiary/aromatic N) is 2. The lowest BCUT2D eigenvalue weighted by atomic mass is 10.2. The summed E-state index contributed by atoms with van der Waals surface area (Å²) in [6, 6.07) is 27.8. The molecule has 1 aromatic heterocycles. The number of anilines is 1. The molecule has 0 amide bonds. The van der Waals surface area contributed by atoms with E-state index in [9.17, 15) is 0 Å².